The van der Waals surface area contributed by atoms with Crippen molar-refractivity contribution in [2.75, 3.05) is 13.1 Å². The summed E-state index contributed by atoms with van der Waals surface area (Å²) in [7, 11) is 0. The molecule has 0 unspecified atom stereocenters. The van der Waals surface area contributed by atoms with Crippen LogP contribution in [0, 0.1) is 17.3 Å². The lowest BCUT2D eigenvalue weighted by Crippen LogP contribution is -2.31. The first-order valence-corrected chi connectivity index (χ1v) is 7.30. The van der Waals surface area contributed by atoms with Gasteiger partial charge in [-0.2, -0.15) is 0 Å². The quantitative estimate of drug-likeness (QED) is 0.667. The van der Waals surface area contributed by atoms with E-state index >= 15 is 0 Å². The second-order valence-electron chi connectivity index (χ2n) is 6.22. The first kappa shape index (κ1) is 14.0. The predicted molar refractivity (Wildman–Crippen MR) is 72.7 cm³/mol. The normalized spacial score (nSPS) is 27.0. The number of hydrogen-bond acceptors (Lipinski definition) is 1. The zero-order chi connectivity index (χ0) is 12.0. The maximum absolute atomic E-state index is 3.46. The monoisotopic (exact) mass is 225 g/mol. The minimum atomic E-state index is 0.543. The van der Waals surface area contributed by atoms with Gasteiger partial charge in [-0.25, -0.2) is 0 Å². The summed E-state index contributed by atoms with van der Waals surface area (Å²) < 4.78 is 0. The van der Waals surface area contributed by atoms with Gasteiger partial charge >= 0.3 is 0 Å². The Kier molecular flexibility index (Phi) is 5.82. The Bertz CT molecular complexity index is 178. The fraction of sp³-hybridized carbons (Fsp3) is 1.00. The molecule has 0 aromatic rings. The lowest BCUT2D eigenvalue weighted by atomic mass is 9.67. The van der Waals surface area contributed by atoms with Crippen LogP contribution >= 0.6 is 0 Å². The molecule has 0 aromatic carbocycles. The van der Waals surface area contributed by atoms with Crippen LogP contribution in [-0.2, 0) is 0 Å². The molecular formula is C15H31N. The molecule has 0 aliphatic heterocycles. The smallest absolute Gasteiger partial charge is 0.00438 e. The molecule has 0 saturated heterocycles. The van der Waals surface area contributed by atoms with Gasteiger partial charge in [0.1, 0.15) is 0 Å². The van der Waals surface area contributed by atoms with Crippen LogP contribution in [0.4, 0.5) is 0 Å². The van der Waals surface area contributed by atoms with Gasteiger partial charge in [0.25, 0.3) is 0 Å². The third-order valence-corrected chi connectivity index (χ3v) is 4.73. The molecule has 1 heteroatoms. The van der Waals surface area contributed by atoms with Crippen LogP contribution in [0.15, 0.2) is 0 Å². The first-order valence-electron chi connectivity index (χ1n) is 7.30. The minimum absolute atomic E-state index is 0.543. The summed E-state index contributed by atoms with van der Waals surface area (Å²) in [6.45, 7) is 11.8. The average molecular weight is 225 g/mol. The Morgan fingerprint density at radius 3 is 2.19 bits per heavy atom. The summed E-state index contributed by atoms with van der Waals surface area (Å²) in [6, 6.07) is 0. The Morgan fingerprint density at radius 1 is 1.06 bits per heavy atom. The summed E-state index contributed by atoms with van der Waals surface area (Å²) in [5.74, 6) is 2.00. The molecule has 0 amide bonds. The Hall–Kier alpha value is -0.0400. The molecule has 0 radical (unpaired) electrons. The Balaban J connectivity index is 2.32. The van der Waals surface area contributed by atoms with Gasteiger partial charge in [0.15, 0.2) is 0 Å². The minimum Gasteiger partial charge on any atom is -0.317 e. The fourth-order valence-electron chi connectivity index (χ4n) is 3.14. The Morgan fingerprint density at radius 2 is 1.69 bits per heavy atom. The summed E-state index contributed by atoms with van der Waals surface area (Å²) in [6.07, 6.45) is 8.62. The van der Waals surface area contributed by atoms with Crippen molar-refractivity contribution in [1.82, 2.24) is 5.32 Å². The van der Waals surface area contributed by atoms with E-state index in [9.17, 15) is 0 Å². The van der Waals surface area contributed by atoms with Crippen molar-refractivity contribution in [3.63, 3.8) is 0 Å². The van der Waals surface area contributed by atoms with Crippen LogP contribution in [0.5, 0.6) is 0 Å². The molecule has 0 aromatic heterocycles. The van der Waals surface area contributed by atoms with Gasteiger partial charge in [0, 0.05) is 0 Å². The van der Waals surface area contributed by atoms with Crippen LogP contribution < -0.4 is 5.32 Å². The van der Waals surface area contributed by atoms with Crippen LogP contribution in [0.1, 0.15) is 66.2 Å². The molecule has 1 saturated carbocycles. The molecule has 0 atom stereocenters. The van der Waals surface area contributed by atoms with Crippen molar-refractivity contribution in [2.45, 2.75) is 66.2 Å². The van der Waals surface area contributed by atoms with Gasteiger partial charge in [-0.1, -0.05) is 47.0 Å². The molecule has 1 nitrogen and oxygen atoms in total. The summed E-state index contributed by atoms with van der Waals surface area (Å²) >= 11 is 0. The largest absolute Gasteiger partial charge is 0.317 e. The van der Waals surface area contributed by atoms with E-state index in [4.69, 9.17) is 0 Å². The topological polar surface area (TPSA) is 12.0 Å². The van der Waals surface area contributed by atoms with Crippen molar-refractivity contribution in [2.24, 2.45) is 17.3 Å². The third-order valence-electron chi connectivity index (χ3n) is 4.73. The van der Waals surface area contributed by atoms with Crippen molar-refractivity contribution >= 4 is 0 Å². The Labute approximate surface area is 102 Å². The molecule has 1 fully saturated rings. The molecule has 96 valence electrons. The van der Waals surface area contributed by atoms with E-state index in [1.54, 1.807) is 0 Å². The number of nitrogens with one attached hydrogen (secondary N) is 1. The first-order chi connectivity index (χ1) is 7.60. The van der Waals surface area contributed by atoms with Crippen LogP contribution in [0.3, 0.4) is 0 Å². The SMILES string of the molecule is CCNCCC(C)(C)C1CCC(CC)CC1. The lowest BCUT2D eigenvalue weighted by molar-refractivity contribution is 0.122. The standard InChI is InChI=1S/C15H31N/c1-5-13-7-9-14(10-8-13)15(3,4)11-12-16-6-2/h13-14,16H,5-12H2,1-4H3. The highest BCUT2D eigenvalue weighted by Gasteiger charge is 2.32. The molecule has 0 spiro atoms. The number of hydrogen-bond donors (Lipinski definition) is 1. The summed E-state index contributed by atoms with van der Waals surface area (Å²) in [5, 5.41) is 3.46. The third kappa shape index (κ3) is 4.08. The molecule has 1 aliphatic carbocycles. The lowest BCUT2D eigenvalue weighted by Gasteiger charge is -2.39. The van der Waals surface area contributed by atoms with E-state index in [1.165, 1.54) is 45.1 Å². The predicted octanol–water partition coefficient (Wildman–Crippen LogP) is 4.23. The maximum Gasteiger partial charge on any atom is -0.00438 e. The van der Waals surface area contributed by atoms with Gasteiger partial charge in [-0.15, -0.1) is 0 Å². The highest BCUT2D eigenvalue weighted by Crippen LogP contribution is 2.42. The summed E-state index contributed by atoms with van der Waals surface area (Å²) in [5.41, 5.74) is 0.543. The van der Waals surface area contributed by atoms with Crippen LogP contribution in [0.2, 0.25) is 0 Å². The molecule has 1 N–H and O–H groups in total. The van der Waals surface area contributed by atoms with Crippen molar-refractivity contribution in [3.8, 4) is 0 Å². The van der Waals surface area contributed by atoms with Crippen molar-refractivity contribution in [3.05, 3.63) is 0 Å². The van der Waals surface area contributed by atoms with Gasteiger partial charge in [-0.05, 0) is 49.6 Å². The van der Waals surface area contributed by atoms with E-state index in [1.807, 2.05) is 0 Å². The van der Waals surface area contributed by atoms with E-state index in [-0.39, 0.29) is 0 Å². The van der Waals surface area contributed by atoms with Crippen molar-refractivity contribution in [1.29, 1.82) is 0 Å². The van der Waals surface area contributed by atoms with E-state index in [0.717, 1.165) is 18.4 Å². The number of rotatable bonds is 6. The molecule has 16 heavy (non-hydrogen) atoms. The van der Waals surface area contributed by atoms with Crippen LogP contribution in [-0.4, -0.2) is 13.1 Å². The zero-order valence-electron chi connectivity index (χ0n) is 11.8. The highest BCUT2D eigenvalue weighted by atomic mass is 14.8. The van der Waals surface area contributed by atoms with E-state index in [0.29, 0.717) is 5.41 Å². The van der Waals surface area contributed by atoms with Gasteiger partial charge in [-0.3, -0.25) is 0 Å². The molecule has 0 bridgehead atoms. The average Bonchev–Trinajstić information content (AvgIpc) is 2.29. The second-order valence-corrected chi connectivity index (χ2v) is 6.22. The maximum atomic E-state index is 3.46. The second kappa shape index (κ2) is 6.64. The zero-order valence-corrected chi connectivity index (χ0v) is 11.8. The molecule has 1 rings (SSSR count). The molecular weight excluding hydrogens is 194 g/mol. The summed E-state index contributed by atoms with van der Waals surface area (Å²) in [4.78, 5) is 0. The van der Waals surface area contributed by atoms with Gasteiger partial charge in [0.2, 0.25) is 0 Å². The van der Waals surface area contributed by atoms with E-state index < -0.39 is 0 Å². The van der Waals surface area contributed by atoms with E-state index in [2.05, 4.69) is 33.0 Å². The molecule has 0 heterocycles. The fourth-order valence-corrected chi connectivity index (χ4v) is 3.14. The van der Waals surface area contributed by atoms with Gasteiger partial charge in [0.05, 0.1) is 0 Å². The van der Waals surface area contributed by atoms with Gasteiger partial charge < -0.3 is 5.32 Å². The highest BCUT2D eigenvalue weighted by molar-refractivity contribution is 4.83. The van der Waals surface area contributed by atoms with Crippen LogP contribution in [0.25, 0.3) is 0 Å². The van der Waals surface area contributed by atoms with Crippen molar-refractivity contribution < 1.29 is 0 Å². The molecule has 1 aliphatic rings.